The van der Waals surface area contributed by atoms with Gasteiger partial charge in [-0.1, -0.05) is 67.4 Å². The van der Waals surface area contributed by atoms with Crippen LogP contribution >= 0.6 is 0 Å². The molecular weight excluding hydrogens is 458 g/mol. The first-order valence-corrected chi connectivity index (χ1v) is 14.8. The Bertz CT molecular complexity index is 1070. The maximum Gasteiger partial charge on any atom is 0.494 e. The van der Waals surface area contributed by atoms with Gasteiger partial charge in [-0.3, -0.25) is 0 Å². The second-order valence-electron chi connectivity index (χ2n) is 11.3. The summed E-state index contributed by atoms with van der Waals surface area (Å²) in [7, 11) is -1.10. The third kappa shape index (κ3) is 5.77. The van der Waals surface area contributed by atoms with Crippen molar-refractivity contribution in [2.75, 3.05) is 27.1 Å². The highest BCUT2D eigenvalue weighted by Gasteiger charge is 2.42. The van der Waals surface area contributed by atoms with E-state index in [4.69, 9.17) is 18.8 Å². The minimum absolute atomic E-state index is 0.0820. The SMILES string of the molecule is COCOc1cc(B2OCC(C)(C)CO2)c2c(C#C[Si](C(C)C)(C(C)C)C(C)C)c(F)ccc2c1. The van der Waals surface area contributed by atoms with Gasteiger partial charge in [-0.15, -0.1) is 5.54 Å². The summed E-state index contributed by atoms with van der Waals surface area (Å²) in [5, 5.41) is 1.56. The molecule has 4 nitrogen and oxygen atoms in total. The lowest BCUT2D eigenvalue weighted by atomic mass is 9.72. The lowest BCUT2D eigenvalue weighted by Gasteiger charge is -2.38. The fraction of sp³-hybridized carbons (Fsp3) is 0.571. The zero-order valence-corrected chi connectivity index (χ0v) is 23.8. The lowest BCUT2D eigenvalue weighted by molar-refractivity contribution is 0.0342. The van der Waals surface area contributed by atoms with Crippen molar-refractivity contribution in [2.24, 2.45) is 5.41 Å². The number of rotatable bonds is 7. The van der Waals surface area contributed by atoms with Crippen molar-refractivity contribution in [3.63, 3.8) is 0 Å². The smallest absolute Gasteiger partial charge is 0.468 e. The Labute approximate surface area is 212 Å². The van der Waals surface area contributed by atoms with E-state index in [1.165, 1.54) is 6.07 Å². The molecule has 1 saturated heterocycles. The van der Waals surface area contributed by atoms with Crippen LogP contribution in [-0.2, 0) is 14.0 Å². The fourth-order valence-electron chi connectivity index (χ4n) is 5.44. The number of halogens is 1. The van der Waals surface area contributed by atoms with E-state index in [0.29, 0.717) is 41.2 Å². The van der Waals surface area contributed by atoms with Crippen molar-refractivity contribution in [2.45, 2.75) is 72.0 Å². The van der Waals surface area contributed by atoms with E-state index in [0.717, 1.165) is 16.2 Å². The largest absolute Gasteiger partial charge is 0.494 e. The third-order valence-electron chi connectivity index (χ3n) is 7.19. The molecule has 0 aromatic heterocycles. The summed E-state index contributed by atoms with van der Waals surface area (Å²) < 4.78 is 38.6. The van der Waals surface area contributed by atoms with Crippen molar-refractivity contribution in [3.8, 4) is 17.2 Å². The molecule has 1 fully saturated rings. The Morgan fingerprint density at radius 1 is 1.03 bits per heavy atom. The van der Waals surface area contributed by atoms with E-state index >= 15 is 4.39 Å². The monoisotopic (exact) mass is 498 g/mol. The van der Waals surface area contributed by atoms with Gasteiger partial charge in [0.2, 0.25) is 0 Å². The number of methoxy groups -OCH3 is 1. The molecule has 1 heterocycles. The Morgan fingerprint density at radius 2 is 1.63 bits per heavy atom. The van der Waals surface area contributed by atoms with Gasteiger partial charge in [-0.25, -0.2) is 4.39 Å². The summed E-state index contributed by atoms with van der Waals surface area (Å²) in [5.74, 6) is 3.65. The summed E-state index contributed by atoms with van der Waals surface area (Å²) in [5.41, 5.74) is 6.11. The number of benzene rings is 2. The first kappa shape index (κ1) is 27.7. The van der Waals surface area contributed by atoms with Crippen LogP contribution in [0.1, 0.15) is 61.0 Å². The van der Waals surface area contributed by atoms with E-state index in [1.807, 2.05) is 12.1 Å². The number of ether oxygens (including phenoxy) is 2. The maximum absolute atomic E-state index is 15.5. The second kappa shape index (κ2) is 11.0. The normalized spacial score (nSPS) is 16.2. The molecule has 1 aliphatic heterocycles. The molecule has 0 saturated carbocycles. The van der Waals surface area contributed by atoms with Gasteiger partial charge in [-0.2, -0.15) is 0 Å². The van der Waals surface area contributed by atoms with Crippen LogP contribution in [0.5, 0.6) is 5.75 Å². The first-order valence-electron chi connectivity index (χ1n) is 12.6. The van der Waals surface area contributed by atoms with Crippen LogP contribution in [0.2, 0.25) is 16.6 Å². The molecule has 1 aliphatic rings. The molecule has 3 rings (SSSR count). The fourth-order valence-corrected chi connectivity index (χ4v) is 10.6. The van der Waals surface area contributed by atoms with Crippen molar-refractivity contribution >= 4 is 31.4 Å². The summed E-state index contributed by atoms with van der Waals surface area (Å²) in [4.78, 5) is 0. The molecule has 0 N–H and O–H groups in total. The maximum atomic E-state index is 15.5. The first-order chi connectivity index (χ1) is 16.4. The Balaban J connectivity index is 2.25. The number of hydrogen-bond acceptors (Lipinski definition) is 4. The van der Waals surface area contributed by atoms with Gasteiger partial charge in [-0.05, 0) is 45.7 Å². The Kier molecular flexibility index (Phi) is 8.75. The molecule has 0 radical (unpaired) electrons. The quantitative estimate of drug-likeness (QED) is 0.255. The van der Waals surface area contributed by atoms with E-state index in [-0.39, 0.29) is 18.0 Å². The molecule has 2 aromatic rings. The van der Waals surface area contributed by atoms with Gasteiger partial charge in [0.1, 0.15) is 19.6 Å². The van der Waals surface area contributed by atoms with Gasteiger partial charge in [0, 0.05) is 31.1 Å². The molecule has 0 atom stereocenters. The molecule has 0 spiro atoms. The number of fused-ring (bicyclic) bond motifs is 1. The Hall–Kier alpha value is -1.85. The molecule has 35 heavy (non-hydrogen) atoms. The standard InChI is InChI=1S/C28H40BFO4Si/c1-19(2)35(20(3)4,21(5)6)13-12-24-26(30)11-10-22-14-23(32-18-31-9)15-25(27(22)24)29-33-16-28(7,8)17-34-29/h10-11,14-15,19-21H,16-18H2,1-9H3. The predicted molar refractivity (Wildman–Crippen MR) is 145 cm³/mol. The van der Waals surface area contributed by atoms with E-state index in [1.54, 1.807) is 13.2 Å². The molecular formula is C28H40BFO4Si. The zero-order valence-electron chi connectivity index (χ0n) is 22.8. The van der Waals surface area contributed by atoms with Crippen LogP contribution in [0.25, 0.3) is 10.8 Å². The van der Waals surface area contributed by atoms with Gasteiger partial charge in [0.15, 0.2) is 6.79 Å². The van der Waals surface area contributed by atoms with Crippen LogP contribution < -0.4 is 10.2 Å². The second-order valence-corrected chi connectivity index (χ2v) is 16.9. The molecule has 0 aliphatic carbocycles. The summed E-state index contributed by atoms with van der Waals surface area (Å²) >= 11 is 0. The molecule has 0 unspecified atom stereocenters. The minimum atomic E-state index is -2.06. The highest BCUT2D eigenvalue weighted by molar-refractivity contribution is 6.90. The highest BCUT2D eigenvalue weighted by Crippen LogP contribution is 2.41. The van der Waals surface area contributed by atoms with Gasteiger partial charge in [0.05, 0.1) is 5.56 Å². The molecule has 0 bridgehead atoms. The summed E-state index contributed by atoms with van der Waals surface area (Å²) in [6.07, 6.45) is 0. The lowest BCUT2D eigenvalue weighted by Crippen LogP contribution is -2.47. The van der Waals surface area contributed by atoms with E-state index in [2.05, 4.69) is 66.9 Å². The molecule has 2 aromatic carbocycles. The van der Waals surface area contributed by atoms with Crippen molar-refractivity contribution < 1.29 is 23.2 Å². The number of hydrogen-bond donors (Lipinski definition) is 0. The Morgan fingerprint density at radius 3 is 2.17 bits per heavy atom. The van der Waals surface area contributed by atoms with E-state index in [9.17, 15) is 0 Å². The topological polar surface area (TPSA) is 36.9 Å². The summed E-state index contributed by atoms with van der Waals surface area (Å²) in [6, 6.07) is 7.02. The van der Waals surface area contributed by atoms with Crippen LogP contribution in [-0.4, -0.2) is 42.3 Å². The zero-order chi connectivity index (χ0) is 26.0. The molecule has 190 valence electrons. The van der Waals surface area contributed by atoms with Crippen molar-refractivity contribution in [1.29, 1.82) is 0 Å². The molecule has 0 amide bonds. The minimum Gasteiger partial charge on any atom is -0.468 e. The average molecular weight is 499 g/mol. The third-order valence-corrected chi connectivity index (χ3v) is 13.5. The predicted octanol–water partition coefficient (Wildman–Crippen LogP) is 6.30. The highest BCUT2D eigenvalue weighted by atomic mass is 28.3. The van der Waals surface area contributed by atoms with E-state index < -0.39 is 15.2 Å². The van der Waals surface area contributed by atoms with Gasteiger partial charge < -0.3 is 18.8 Å². The van der Waals surface area contributed by atoms with Crippen molar-refractivity contribution in [1.82, 2.24) is 0 Å². The van der Waals surface area contributed by atoms with Crippen molar-refractivity contribution in [3.05, 3.63) is 35.6 Å². The van der Waals surface area contributed by atoms with Crippen LogP contribution in [0.15, 0.2) is 24.3 Å². The van der Waals surface area contributed by atoms with Crippen LogP contribution in [0.3, 0.4) is 0 Å². The molecule has 7 heteroatoms. The van der Waals surface area contributed by atoms with Crippen LogP contribution in [0.4, 0.5) is 4.39 Å². The van der Waals surface area contributed by atoms with Gasteiger partial charge >= 0.3 is 7.12 Å². The summed E-state index contributed by atoms with van der Waals surface area (Å²) in [6.45, 7) is 19.0. The van der Waals surface area contributed by atoms with Crippen LogP contribution in [0, 0.1) is 22.7 Å². The van der Waals surface area contributed by atoms with Gasteiger partial charge in [0.25, 0.3) is 0 Å². The average Bonchev–Trinajstić information content (AvgIpc) is 2.78.